The number of ether oxygens (including phenoxy) is 1. The third-order valence-electron chi connectivity index (χ3n) is 4.02. The van der Waals surface area contributed by atoms with Crippen LogP contribution >= 0.6 is 0 Å². The van der Waals surface area contributed by atoms with Gasteiger partial charge < -0.3 is 20.1 Å². The lowest BCUT2D eigenvalue weighted by atomic mass is 10.00. The smallest absolute Gasteiger partial charge is 0.422 e. The fourth-order valence-electron chi connectivity index (χ4n) is 2.43. The average molecular weight is 324 g/mol. The lowest BCUT2D eigenvalue weighted by Gasteiger charge is -2.36. The second-order valence-electron chi connectivity index (χ2n) is 5.96. The molecule has 0 aromatic carbocycles. The SMILES string of the molecule is CCOC=CC(O)(CNC1CCN(C(C)C)CC1)C(F)(F)F. The first kappa shape index (κ1) is 19.3. The molecule has 1 heterocycles. The van der Waals surface area contributed by atoms with Crippen molar-refractivity contribution in [1.29, 1.82) is 0 Å². The Bertz CT molecular complexity index is 353. The minimum atomic E-state index is -4.74. The van der Waals surface area contributed by atoms with Gasteiger partial charge in [0.25, 0.3) is 0 Å². The second-order valence-corrected chi connectivity index (χ2v) is 5.96. The van der Waals surface area contributed by atoms with Crippen LogP contribution in [0, 0.1) is 0 Å². The van der Waals surface area contributed by atoms with E-state index in [1.807, 2.05) is 0 Å². The minimum absolute atomic E-state index is 0.00984. The number of aliphatic hydroxyl groups is 1. The summed E-state index contributed by atoms with van der Waals surface area (Å²) >= 11 is 0. The largest absolute Gasteiger partial charge is 0.502 e. The number of nitrogens with zero attached hydrogens (tertiary/aromatic N) is 1. The van der Waals surface area contributed by atoms with Crippen molar-refractivity contribution >= 4 is 0 Å². The van der Waals surface area contributed by atoms with Crippen LogP contribution in [0.5, 0.6) is 0 Å². The molecule has 1 aliphatic rings. The molecule has 130 valence electrons. The molecule has 1 atom stereocenters. The van der Waals surface area contributed by atoms with E-state index in [1.165, 1.54) is 0 Å². The first-order chi connectivity index (χ1) is 10.2. The summed E-state index contributed by atoms with van der Waals surface area (Å²) in [5, 5.41) is 12.7. The van der Waals surface area contributed by atoms with Gasteiger partial charge in [-0.05, 0) is 52.8 Å². The predicted molar refractivity (Wildman–Crippen MR) is 79.5 cm³/mol. The highest BCUT2D eigenvalue weighted by atomic mass is 19.4. The molecule has 7 heteroatoms. The van der Waals surface area contributed by atoms with Gasteiger partial charge in [-0.25, -0.2) is 0 Å². The van der Waals surface area contributed by atoms with Crippen molar-refractivity contribution < 1.29 is 23.0 Å². The van der Waals surface area contributed by atoms with E-state index in [4.69, 9.17) is 4.74 Å². The highest BCUT2D eigenvalue weighted by Crippen LogP contribution is 2.31. The van der Waals surface area contributed by atoms with Gasteiger partial charge in [-0.15, -0.1) is 0 Å². The summed E-state index contributed by atoms with van der Waals surface area (Å²) in [7, 11) is 0. The Labute approximate surface area is 130 Å². The second kappa shape index (κ2) is 8.17. The third-order valence-corrected chi connectivity index (χ3v) is 4.02. The highest BCUT2D eigenvalue weighted by molar-refractivity contribution is 5.05. The zero-order chi connectivity index (χ0) is 16.8. The van der Waals surface area contributed by atoms with Crippen LogP contribution in [0.25, 0.3) is 0 Å². The number of rotatable bonds is 7. The number of nitrogens with one attached hydrogen (secondary N) is 1. The summed E-state index contributed by atoms with van der Waals surface area (Å²) in [6.45, 7) is 7.28. The Balaban J connectivity index is 2.54. The number of likely N-dealkylation sites (tertiary alicyclic amines) is 1. The molecular formula is C15H27F3N2O2. The van der Waals surface area contributed by atoms with E-state index in [9.17, 15) is 18.3 Å². The highest BCUT2D eigenvalue weighted by Gasteiger charge is 2.52. The van der Waals surface area contributed by atoms with Gasteiger partial charge >= 0.3 is 6.18 Å². The molecule has 1 aliphatic heterocycles. The molecule has 0 aliphatic carbocycles. The van der Waals surface area contributed by atoms with E-state index in [0.29, 0.717) is 12.1 Å². The van der Waals surface area contributed by atoms with Crippen LogP contribution in [-0.2, 0) is 4.74 Å². The zero-order valence-electron chi connectivity index (χ0n) is 13.5. The van der Waals surface area contributed by atoms with E-state index in [2.05, 4.69) is 24.1 Å². The summed E-state index contributed by atoms with van der Waals surface area (Å²) < 4.78 is 43.9. The topological polar surface area (TPSA) is 44.7 Å². The van der Waals surface area contributed by atoms with Crippen LogP contribution in [0.3, 0.4) is 0 Å². The molecule has 2 N–H and O–H groups in total. The molecule has 0 bridgehead atoms. The maximum atomic E-state index is 13.0. The Hall–Kier alpha value is -0.790. The Morgan fingerprint density at radius 3 is 2.36 bits per heavy atom. The maximum absolute atomic E-state index is 13.0. The van der Waals surface area contributed by atoms with Gasteiger partial charge in [0.15, 0.2) is 5.60 Å². The van der Waals surface area contributed by atoms with Crippen LogP contribution in [0.15, 0.2) is 12.3 Å². The number of piperidine rings is 1. The lowest BCUT2D eigenvalue weighted by molar-refractivity contribution is -0.238. The standard InChI is InChI=1S/C15H27F3N2O2/c1-4-22-10-7-14(21,15(16,17)18)11-19-13-5-8-20(9-6-13)12(2)3/h7,10,12-13,19,21H,4-6,8-9,11H2,1-3H3. The Kier molecular flexibility index (Phi) is 7.15. The molecule has 1 rings (SSSR count). The first-order valence-corrected chi connectivity index (χ1v) is 7.75. The molecule has 4 nitrogen and oxygen atoms in total. The molecular weight excluding hydrogens is 297 g/mol. The number of halogens is 3. The van der Waals surface area contributed by atoms with E-state index < -0.39 is 18.3 Å². The van der Waals surface area contributed by atoms with Gasteiger partial charge in [-0.1, -0.05) is 0 Å². The number of hydrogen-bond donors (Lipinski definition) is 2. The number of hydrogen-bond acceptors (Lipinski definition) is 4. The van der Waals surface area contributed by atoms with Gasteiger partial charge in [0.1, 0.15) is 0 Å². The fraction of sp³-hybridized carbons (Fsp3) is 0.867. The Morgan fingerprint density at radius 1 is 1.32 bits per heavy atom. The van der Waals surface area contributed by atoms with Gasteiger partial charge in [0.05, 0.1) is 12.9 Å². The van der Waals surface area contributed by atoms with E-state index in [1.54, 1.807) is 6.92 Å². The molecule has 22 heavy (non-hydrogen) atoms. The molecule has 1 unspecified atom stereocenters. The van der Waals surface area contributed by atoms with Crippen LogP contribution in [0.4, 0.5) is 13.2 Å². The summed E-state index contributed by atoms with van der Waals surface area (Å²) in [5.74, 6) is 0. The molecule has 0 amide bonds. The van der Waals surface area contributed by atoms with E-state index in [0.717, 1.165) is 32.2 Å². The third kappa shape index (κ3) is 5.44. The lowest BCUT2D eigenvalue weighted by Crippen LogP contribution is -2.54. The van der Waals surface area contributed by atoms with Gasteiger partial charge in [-0.3, -0.25) is 0 Å². The van der Waals surface area contributed by atoms with Crippen LogP contribution in [0.2, 0.25) is 0 Å². The summed E-state index contributed by atoms with van der Waals surface area (Å²) in [6, 6.07) is 0.437. The van der Waals surface area contributed by atoms with E-state index >= 15 is 0 Å². The van der Waals surface area contributed by atoms with Crippen molar-refractivity contribution in [3.63, 3.8) is 0 Å². The fourth-order valence-corrected chi connectivity index (χ4v) is 2.43. The molecule has 1 saturated heterocycles. The first-order valence-electron chi connectivity index (χ1n) is 7.75. The maximum Gasteiger partial charge on any atom is 0.422 e. The van der Waals surface area contributed by atoms with Crippen LogP contribution in [0.1, 0.15) is 33.6 Å². The van der Waals surface area contributed by atoms with Crippen molar-refractivity contribution in [2.24, 2.45) is 0 Å². The zero-order valence-corrected chi connectivity index (χ0v) is 13.5. The molecule has 0 aromatic heterocycles. The molecule has 0 radical (unpaired) electrons. The minimum Gasteiger partial charge on any atom is -0.502 e. The average Bonchev–Trinajstić information content (AvgIpc) is 2.44. The summed E-state index contributed by atoms with van der Waals surface area (Å²) in [5.41, 5.74) is -2.91. The molecule has 0 aromatic rings. The van der Waals surface area contributed by atoms with Crippen molar-refractivity contribution in [1.82, 2.24) is 10.2 Å². The molecule has 0 saturated carbocycles. The van der Waals surface area contributed by atoms with Gasteiger partial charge in [-0.2, -0.15) is 13.2 Å². The molecule has 0 spiro atoms. The monoisotopic (exact) mass is 324 g/mol. The number of alkyl halides is 3. The molecule has 1 fully saturated rings. The van der Waals surface area contributed by atoms with Crippen LogP contribution in [-0.4, -0.2) is 60.1 Å². The van der Waals surface area contributed by atoms with Crippen molar-refractivity contribution in [3.8, 4) is 0 Å². The quantitative estimate of drug-likeness (QED) is 0.705. The predicted octanol–water partition coefficient (Wildman–Crippen LogP) is 2.29. The van der Waals surface area contributed by atoms with Crippen molar-refractivity contribution in [2.45, 2.75) is 57.5 Å². The summed E-state index contributed by atoms with van der Waals surface area (Å²) in [6.07, 6.45) is -1.60. The Morgan fingerprint density at radius 2 is 1.91 bits per heavy atom. The van der Waals surface area contributed by atoms with Crippen molar-refractivity contribution in [2.75, 3.05) is 26.2 Å². The normalized spacial score (nSPS) is 21.5. The van der Waals surface area contributed by atoms with Gasteiger partial charge in [0, 0.05) is 18.6 Å². The van der Waals surface area contributed by atoms with Crippen molar-refractivity contribution in [3.05, 3.63) is 12.3 Å². The van der Waals surface area contributed by atoms with E-state index in [-0.39, 0.29) is 12.6 Å². The van der Waals surface area contributed by atoms with Crippen LogP contribution < -0.4 is 5.32 Å². The summed E-state index contributed by atoms with van der Waals surface area (Å²) in [4.78, 5) is 2.29. The van der Waals surface area contributed by atoms with Gasteiger partial charge in [0.2, 0.25) is 0 Å².